The Morgan fingerprint density at radius 1 is 1.23 bits per heavy atom. The molecule has 3 aromatic heterocycles. The molecule has 9 heteroatoms. The van der Waals surface area contributed by atoms with Crippen LogP contribution in [0.3, 0.4) is 0 Å². The number of anilines is 2. The standard InChI is InChI=1S/C21H20N6OS2/c1-2-22-21(28)27-7-3-4-13(10-27)18-9-15-19(23-11-24-20(15)30-18)26-14-5-6-17-16(8-14)25-12-29-17/h4-6,8-9,11-12H,2-3,7,10H2,1H3,(H,22,28)(H,23,24,26). The number of benzene rings is 1. The summed E-state index contributed by atoms with van der Waals surface area (Å²) in [5.41, 5.74) is 4.93. The van der Waals surface area contributed by atoms with E-state index in [-0.39, 0.29) is 6.03 Å². The predicted molar refractivity (Wildman–Crippen MR) is 124 cm³/mol. The Labute approximate surface area is 181 Å². The first kappa shape index (κ1) is 19.0. The quantitative estimate of drug-likeness (QED) is 0.477. The van der Waals surface area contributed by atoms with Crippen molar-refractivity contribution in [1.29, 1.82) is 0 Å². The molecule has 2 amide bonds. The molecule has 7 nitrogen and oxygen atoms in total. The van der Waals surface area contributed by atoms with Crippen LogP contribution in [-0.2, 0) is 0 Å². The summed E-state index contributed by atoms with van der Waals surface area (Å²) in [5, 5.41) is 7.28. The highest BCUT2D eigenvalue weighted by Crippen LogP contribution is 2.35. The summed E-state index contributed by atoms with van der Waals surface area (Å²) in [6, 6.07) is 8.24. The van der Waals surface area contributed by atoms with Crippen LogP contribution in [0.5, 0.6) is 0 Å². The van der Waals surface area contributed by atoms with Crippen molar-refractivity contribution in [1.82, 2.24) is 25.2 Å². The molecule has 0 atom stereocenters. The maximum Gasteiger partial charge on any atom is 0.317 e. The van der Waals surface area contributed by atoms with E-state index in [4.69, 9.17) is 0 Å². The molecule has 30 heavy (non-hydrogen) atoms. The first-order valence-corrected chi connectivity index (χ1v) is 11.5. The summed E-state index contributed by atoms with van der Waals surface area (Å²) in [6.07, 6.45) is 4.66. The van der Waals surface area contributed by atoms with Crippen LogP contribution in [0.1, 0.15) is 18.2 Å². The van der Waals surface area contributed by atoms with Crippen molar-refractivity contribution in [3.63, 3.8) is 0 Å². The number of nitrogens with one attached hydrogen (secondary N) is 2. The lowest BCUT2D eigenvalue weighted by Gasteiger charge is -2.27. The number of thiazole rings is 1. The van der Waals surface area contributed by atoms with Gasteiger partial charge in [0.05, 0.1) is 21.1 Å². The Bertz CT molecular complexity index is 1260. The molecule has 0 radical (unpaired) electrons. The Hall–Kier alpha value is -3.04. The normalized spacial score (nSPS) is 14.2. The number of urea groups is 1. The van der Waals surface area contributed by atoms with Crippen LogP contribution in [0.4, 0.5) is 16.3 Å². The molecule has 0 bridgehead atoms. The van der Waals surface area contributed by atoms with Gasteiger partial charge in [0, 0.05) is 30.2 Å². The molecule has 0 aliphatic carbocycles. The molecular weight excluding hydrogens is 416 g/mol. The van der Waals surface area contributed by atoms with Crippen LogP contribution in [0, 0.1) is 0 Å². The van der Waals surface area contributed by atoms with E-state index in [1.54, 1.807) is 29.0 Å². The minimum atomic E-state index is -0.0104. The first-order chi connectivity index (χ1) is 14.7. The summed E-state index contributed by atoms with van der Waals surface area (Å²) in [4.78, 5) is 29.5. The molecular formula is C21H20N6OS2. The van der Waals surface area contributed by atoms with Gasteiger partial charge < -0.3 is 15.5 Å². The Morgan fingerprint density at radius 3 is 3.07 bits per heavy atom. The first-order valence-electron chi connectivity index (χ1n) is 9.78. The summed E-state index contributed by atoms with van der Waals surface area (Å²) < 4.78 is 1.16. The number of hydrogen-bond acceptors (Lipinski definition) is 7. The third-order valence-electron chi connectivity index (χ3n) is 5.01. The van der Waals surface area contributed by atoms with Crippen LogP contribution in [0.2, 0.25) is 0 Å². The van der Waals surface area contributed by atoms with Crippen molar-refractivity contribution in [2.24, 2.45) is 0 Å². The maximum atomic E-state index is 12.2. The Kier molecular flexibility index (Phi) is 5.06. The molecule has 0 saturated carbocycles. The van der Waals surface area contributed by atoms with E-state index in [1.807, 2.05) is 29.5 Å². The SMILES string of the molecule is CCNC(=O)N1CCC=C(c2cc3c(Nc4ccc5scnc5c4)ncnc3s2)C1. The second-order valence-corrected chi connectivity index (χ2v) is 8.90. The van der Waals surface area contributed by atoms with Gasteiger partial charge in [-0.25, -0.2) is 19.7 Å². The maximum absolute atomic E-state index is 12.2. The number of carbonyl (C=O) groups is 1. The number of hydrogen-bond donors (Lipinski definition) is 2. The molecule has 1 aromatic carbocycles. The topological polar surface area (TPSA) is 83.0 Å². The van der Waals surface area contributed by atoms with Crippen LogP contribution in [0.15, 0.2) is 42.2 Å². The lowest BCUT2D eigenvalue weighted by atomic mass is 10.1. The van der Waals surface area contributed by atoms with Crippen molar-refractivity contribution in [3.05, 3.63) is 47.1 Å². The minimum absolute atomic E-state index is 0.0104. The van der Waals surface area contributed by atoms with Gasteiger partial charge in [-0.1, -0.05) is 6.08 Å². The number of fused-ring (bicyclic) bond motifs is 2. The Morgan fingerprint density at radius 2 is 2.17 bits per heavy atom. The van der Waals surface area contributed by atoms with Crippen LogP contribution in [-0.4, -0.2) is 45.5 Å². The molecule has 2 N–H and O–H groups in total. The smallest absolute Gasteiger partial charge is 0.317 e. The van der Waals surface area contributed by atoms with Gasteiger partial charge in [-0.05, 0) is 43.2 Å². The van der Waals surface area contributed by atoms with Crippen molar-refractivity contribution < 1.29 is 4.79 Å². The number of aromatic nitrogens is 3. The average Bonchev–Trinajstić information content (AvgIpc) is 3.41. The largest absolute Gasteiger partial charge is 0.340 e. The van der Waals surface area contributed by atoms with Gasteiger partial charge in [-0.3, -0.25) is 0 Å². The molecule has 0 spiro atoms. The van der Waals surface area contributed by atoms with E-state index in [1.165, 1.54) is 0 Å². The molecule has 1 aliphatic rings. The molecule has 152 valence electrons. The van der Waals surface area contributed by atoms with Gasteiger partial charge in [-0.2, -0.15) is 0 Å². The lowest BCUT2D eigenvalue weighted by Crippen LogP contribution is -2.42. The van der Waals surface area contributed by atoms with Gasteiger partial charge >= 0.3 is 6.03 Å². The summed E-state index contributed by atoms with van der Waals surface area (Å²) in [5.74, 6) is 0.772. The number of nitrogens with zero attached hydrogens (tertiary/aromatic N) is 4. The van der Waals surface area contributed by atoms with Gasteiger partial charge in [0.25, 0.3) is 0 Å². The monoisotopic (exact) mass is 436 g/mol. The van der Waals surface area contributed by atoms with E-state index >= 15 is 0 Å². The van der Waals surface area contributed by atoms with Gasteiger partial charge in [0.1, 0.15) is 17.0 Å². The highest BCUT2D eigenvalue weighted by atomic mass is 32.1. The molecule has 0 unspecified atom stereocenters. The van der Waals surface area contributed by atoms with Gasteiger partial charge in [0.15, 0.2) is 0 Å². The third kappa shape index (κ3) is 3.61. The highest BCUT2D eigenvalue weighted by molar-refractivity contribution is 7.19. The molecule has 1 aliphatic heterocycles. The van der Waals surface area contributed by atoms with Crippen LogP contribution >= 0.6 is 22.7 Å². The zero-order valence-electron chi connectivity index (χ0n) is 16.4. The van der Waals surface area contributed by atoms with Gasteiger partial charge in [-0.15, -0.1) is 22.7 Å². The fourth-order valence-electron chi connectivity index (χ4n) is 3.54. The van der Waals surface area contributed by atoms with Crippen molar-refractivity contribution in [3.8, 4) is 0 Å². The molecule has 4 heterocycles. The second kappa shape index (κ2) is 8.00. The summed E-state index contributed by atoms with van der Waals surface area (Å²) >= 11 is 3.26. The average molecular weight is 437 g/mol. The van der Waals surface area contributed by atoms with E-state index in [0.29, 0.717) is 13.1 Å². The van der Waals surface area contributed by atoms with E-state index in [0.717, 1.165) is 55.4 Å². The van der Waals surface area contributed by atoms with E-state index < -0.39 is 0 Å². The molecule has 5 rings (SSSR count). The second-order valence-electron chi connectivity index (χ2n) is 6.99. The minimum Gasteiger partial charge on any atom is -0.340 e. The van der Waals surface area contributed by atoms with Crippen LogP contribution in [0.25, 0.3) is 26.0 Å². The number of amides is 2. The lowest BCUT2D eigenvalue weighted by molar-refractivity contribution is 0.204. The molecule has 0 saturated heterocycles. The Balaban J connectivity index is 1.43. The zero-order chi connectivity index (χ0) is 20.5. The predicted octanol–water partition coefficient (Wildman–Crippen LogP) is 4.86. The molecule has 4 aromatic rings. The van der Waals surface area contributed by atoms with Crippen molar-refractivity contribution >= 4 is 66.2 Å². The fourth-order valence-corrected chi connectivity index (χ4v) is 5.23. The van der Waals surface area contributed by atoms with Crippen LogP contribution < -0.4 is 10.6 Å². The number of carbonyl (C=O) groups excluding carboxylic acids is 1. The summed E-state index contributed by atoms with van der Waals surface area (Å²) in [6.45, 7) is 3.92. The highest BCUT2D eigenvalue weighted by Gasteiger charge is 2.20. The van der Waals surface area contributed by atoms with Crippen molar-refractivity contribution in [2.45, 2.75) is 13.3 Å². The third-order valence-corrected chi connectivity index (χ3v) is 6.93. The fraction of sp³-hybridized carbons (Fsp3) is 0.238. The van der Waals surface area contributed by atoms with E-state index in [9.17, 15) is 4.79 Å². The number of thiophene rings is 1. The summed E-state index contributed by atoms with van der Waals surface area (Å²) in [7, 11) is 0. The zero-order valence-corrected chi connectivity index (χ0v) is 18.0. The van der Waals surface area contributed by atoms with E-state index in [2.05, 4.69) is 43.8 Å². The molecule has 0 fully saturated rings. The van der Waals surface area contributed by atoms with Gasteiger partial charge in [0.2, 0.25) is 0 Å². The van der Waals surface area contributed by atoms with Crippen molar-refractivity contribution in [2.75, 3.05) is 25.0 Å². The number of rotatable bonds is 4.